The van der Waals surface area contributed by atoms with Crippen LogP contribution in [0.4, 0.5) is 0 Å². The van der Waals surface area contributed by atoms with Crippen LogP contribution in [0.25, 0.3) is 0 Å². The summed E-state index contributed by atoms with van der Waals surface area (Å²) < 4.78 is 0. The van der Waals surface area contributed by atoms with Crippen LogP contribution in [0.15, 0.2) is 0 Å². The van der Waals surface area contributed by atoms with Gasteiger partial charge in [0.25, 0.3) is 0 Å². The number of carbonyl (C=O) groups excluding carboxylic acids is 1. The number of primary amides is 1. The summed E-state index contributed by atoms with van der Waals surface area (Å²) >= 11 is 4.86. The summed E-state index contributed by atoms with van der Waals surface area (Å²) in [7, 11) is 0. The van der Waals surface area contributed by atoms with Gasteiger partial charge in [0, 0.05) is 0 Å². The zero-order chi connectivity index (χ0) is 4.28. The molecule has 0 unspecified atom stereocenters. The molecule has 0 aliphatic rings. The number of hydrogen-bond donors (Lipinski definition) is 1. The van der Waals surface area contributed by atoms with E-state index in [0.717, 1.165) is 0 Å². The first-order valence-electron chi connectivity index (χ1n) is 1.11. The van der Waals surface area contributed by atoms with E-state index in [2.05, 4.69) is 5.73 Å². The molecule has 2 nitrogen and oxygen atoms in total. The second-order valence-electron chi connectivity index (χ2n) is 0.600. The first-order valence-corrected chi connectivity index (χ1v) is 1.65. The second-order valence-corrected chi connectivity index (χ2v) is 0.867. The Balaban J connectivity index is 0. The molecule has 0 rings (SSSR count). The normalized spacial score (nSPS) is 6.17. The van der Waals surface area contributed by atoms with Gasteiger partial charge in [-0.15, -0.1) is 11.6 Å². The maximum atomic E-state index is 9.46. The fraction of sp³-hybridized carbons (Fsp3) is 0.500. The van der Waals surface area contributed by atoms with Gasteiger partial charge in [-0.05, 0) is 0 Å². The Kier molecular flexibility index (Phi) is 9.50. The van der Waals surface area contributed by atoms with Gasteiger partial charge in [0.2, 0.25) is 5.91 Å². The molecule has 0 aromatic heterocycles. The van der Waals surface area contributed by atoms with Crippen molar-refractivity contribution >= 4 is 47.1 Å². The number of hydrogen-bond acceptors (Lipinski definition) is 1. The van der Waals surface area contributed by atoms with Crippen LogP contribution in [0.2, 0.25) is 0 Å². The van der Waals surface area contributed by atoms with E-state index in [1.165, 1.54) is 0 Å². The summed E-state index contributed by atoms with van der Waals surface area (Å²) in [5, 5.41) is 0. The number of halogens is 1. The molecule has 2 N–H and O–H groups in total. The van der Waals surface area contributed by atoms with Crippen molar-refractivity contribution in [1.82, 2.24) is 0 Å². The van der Waals surface area contributed by atoms with Crippen LogP contribution in [0.5, 0.6) is 0 Å². The summed E-state index contributed by atoms with van der Waals surface area (Å²) in [4.78, 5) is 9.46. The van der Waals surface area contributed by atoms with Crippen molar-refractivity contribution in [3.63, 3.8) is 0 Å². The standard InChI is InChI=1S/C2H4ClNO.Na.H/c3-1-2(4)5;;/h1H2,(H2,4,5);;. The van der Waals surface area contributed by atoms with Crippen LogP contribution < -0.4 is 5.73 Å². The van der Waals surface area contributed by atoms with Crippen molar-refractivity contribution < 1.29 is 4.79 Å². The summed E-state index contributed by atoms with van der Waals surface area (Å²) in [6, 6.07) is 0. The van der Waals surface area contributed by atoms with Crippen LogP contribution in [-0.2, 0) is 4.79 Å². The van der Waals surface area contributed by atoms with E-state index < -0.39 is 5.91 Å². The molecule has 0 atom stereocenters. The third-order valence-electron chi connectivity index (χ3n) is 0.132. The fourth-order valence-corrected chi connectivity index (χ4v) is 0. The van der Waals surface area contributed by atoms with Gasteiger partial charge in [-0.25, -0.2) is 0 Å². The molecule has 0 heterocycles. The fourth-order valence-electron chi connectivity index (χ4n) is 0. The van der Waals surface area contributed by atoms with E-state index in [-0.39, 0.29) is 35.4 Å². The second kappa shape index (κ2) is 5.76. The minimum absolute atomic E-state index is 0. The molecule has 0 aromatic rings. The summed E-state index contributed by atoms with van der Waals surface area (Å²) in [5.41, 5.74) is 4.52. The Morgan fingerprint density at radius 3 is 2.00 bits per heavy atom. The molecule has 0 fully saturated rings. The Labute approximate surface area is 63.3 Å². The molecular weight excluding hydrogens is 112 g/mol. The van der Waals surface area contributed by atoms with Gasteiger partial charge in [0.1, 0.15) is 5.88 Å². The van der Waals surface area contributed by atoms with Crippen LogP contribution in [0.3, 0.4) is 0 Å². The van der Waals surface area contributed by atoms with E-state index >= 15 is 0 Å². The summed E-state index contributed by atoms with van der Waals surface area (Å²) in [6.07, 6.45) is 0. The molecular formula is C2H5ClNNaO. The molecule has 6 heavy (non-hydrogen) atoms. The molecule has 1 amide bonds. The van der Waals surface area contributed by atoms with Crippen LogP contribution in [0, 0.1) is 0 Å². The number of carbonyl (C=O) groups is 1. The maximum absolute atomic E-state index is 9.46. The van der Waals surface area contributed by atoms with Crippen LogP contribution in [-0.4, -0.2) is 41.3 Å². The van der Waals surface area contributed by atoms with Crippen molar-refractivity contribution in [1.29, 1.82) is 0 Å². The van der Waals surface area contributed by atoms with Gasteiger partial charge < -0.3 is 5.73 Å². The van der Waals surface area contributed by atoms with Gasteiger partial charge >= 0.3 is 29.6 Å². The molecule has 0 radical (unpaired) electrons. The Hall–Kier alpha value is 0.760. The molecule has 0 aliphatic heterocycles. The quantitative estimate of drug-likeness (QED) is 0.350. The average molecular weight is 118 g/mol. The van der Waals surface area contributed by atoms with Crippen molar-refractivity contribution in [2.45, 2.75) is 0 Å². The van der Waals surface area contributed by atoms with Gasteiger partial charge in [0.15, 0.2) is 0 Å². The number of rotatable bonds is 1. The molecule has 0 aromatic carbocycles. The Morgan fingerprint density at radius 2 is 2.00 bits per heavy atom. The van der Waals surface area contributed by atoms with Crippen LogP contribution in [0.1, 0.15) is 0 Å². The van der Waals surface area contributed by atoms with Crippen molar-refractivity contribution in [2.24, 2.45) is 5.73 Å². The number of nitrogens with two attached hydrogens (primary N) is 1. The Morgan fingerprint density at radius 1 is 1.83 bits per heavy atom. The van der Waals surface area contributed by atoms with Crippen molar-refractivity contribution in [3.8, 4) is 0 Å². The van der Waals surface area contributed by atoms with Gasteiger partial charge in [-0.3, -0.25) is 4.79 Å². The monoisotopic (exact) mass is 117 g/mol. The first-order chi connectivity index (χ1) is 2.27. The van der Waals surface area contributed by atoms with Gasteiger partial charge in [-0.2, -0.15) is 0 Å². The van der Waals surface area contributed by atoms with E-state index in [9.17, 15) is 4.79 Å². The van der Waals surface area contributed by atoms with Crippen molar-refractivity contribution in [2.75, 3.05) is 5.88 Å². The molecule has 0 saturated heterocycles. The SMILES string of the molecule is NC(=O)CCl.[NaH]. The van der Waals surface area contributed by atoms with Gasteiger partial charge in [0.05, 0.1) is 0 Å². The van der Waals surface area contributed by atoms with Gasteiger partial charge in [-0.1, -0.05) is 0 Å². The zero-order valence-corrected chi connectivity index (χ0v) is 3.33. The first kappa shape index (κ1) is 9.90. The van der Waals surface area contributed by atoms with E-state index in [1.54, 1.807) is 0 Å². The Bertz CT molecular complexity index is 48.8. The van der Waals surface area contributed by atoms with E-state index in [0.29, 0.717) is 0 Å². The molecule has 0 aliphatic carbocycles. The number of amides is 1. The topological polar surface area (TPSA) is 43.1 Å². The molecule has 4 heteroatoms. The van der Waals surface area contributed by atoms with E-state index in [4.69, 9.17) is 11.6 Å². The number of alkyl halides is 1. The summed E-state index contributed by atoms with van der Waals surface area (Å²) in [5.74, 6) is -0.563. The average Bonchev–Trinajstić information content (AvgIpc) is 1.38. The predicted octanol–water partition coefficient (Wildman–Crippen LogP) is -0.938. The molecule has 0 saturated carbocycles. The zero-order valence-electron chi connectivity index (χ0n) is 2.57. The molecule has 32 valence electrons. The minimum atomic E-state index is -0.480. The molecule has 0 bridgehead atoms. The van der Waals surface area contributed by atoms with E-state index in [1.807, 2.05) is 0 Å². The third kappa shape index (κ3) is 8.83. The third-order valence-corrected chi connectivity index (χ3v) is 0.395. The summed E-state index contributed by atoms with van der Waals surface area (Å²) in [6.45, 7) is 0. The predicted molar refractivity (Wildman–Crippen MR) is 27.1 cm³/mol. The van der Waals surface area contributed by atoms with Crippen molar-refractivity contribution in [3.05, 3.63) is 0 Å². The molecule has 0 spiro atoms. The van der Waals surface area contributed by atoms with Crippen LogP contribution >= 0.6 is 11.6 Å².